The number of aromatic amines is 1. The van der Waals surface area contributed by atoms with Gasteiger partial charge in [-0.3, -0.25) is 14.3 Å². The standard InChI is InChI=1S/C21H24ClN5O2/c1-12(2)21(29)23-9-14-5-6-17(22)16(7-14)20-25-18(8-19(28)26-20)15-10-24-27(11-15)13(3)4/h5-8,10-13H,9H2,1-4H3,(H,23,29)(H,25,26,28). The van der Waals surface area contributed by atoms with Gasteiger partial charge in [-0.15, -0.1) is 0 Å². The third kappa shape index (κ3) is 4.92. The number of hydrogen-bond acceptors (Lipinski definition) is 4. The predicted molar refractivity (Wildman–Crippen MR) is 114 cm³/mol. The SMILES string of the molecule is CC(C)C(=O)NCc1ccc(Cl)c(-c2nc(-c3cnn(C(C)C)c3)cc(=O)[nH]2)c1. The number of amides is 1. The van der Waals surface area contributed by atoms with Crippen LogP contribution in [-0.2, 0) is 11.3 Å². The van der Waals surface area contributed by atoms with Crippen molar-refractivity contribution < 1.29 is 4.79 Å². The van der Waals surface area contributed by atoms with Crippen LogP contribution in [0.15, 0.2) is 41.5 Å². The van der Waals surface area contributed by atoms with Gasteiger partial charge >= 0.3 is 0 Å². The van der Waals surface area contributed by atoms with Crippen LogP contribution in [-0.4, -0.2) is 25.7 Å². The number of hydrogen-bond donors (Lipinski definition) is 2. The molecule has 2 N–H and O–H groups in total. The molecule has 0 aliphatic heterocycles. The summed E-state index contributed by atoms with van der Waals surface area (Å²) in [6.45, 7) is 8.09. The van der Waals surface area contributed by atoms with Gasteiger partial charge in [0.2, 0.25) is 5.91 Å². The van der Waals surface area contributed by atoms with E-state index < -0.39 is 0 Å². The molecule has 1 aromatic carbocycles. The van der Waals surface area contributed by atoms with Crippen molar-refractivity contribution in [1.29, 1.82) is 0 Å². The Hall–Kier alpha value is -2.93. The van der Waals surface area contributed by atoms with Gasteiger partial charge in [-0.05, 0) is 31.5 Å². The molecule has 0 unspecified atom stereocenters. The molecule has 0 fully saturated rings. The first-order valence-electron chi connectivity index (χ1n) is 9.47. The maximum atomic E-state index is 12.3. The highest BCUT2D eigenvalue weighted by molar-refractivity contribution is 6.33. The largest absolute Gasteiger partial charge is 0.352 e. The fourth-order valence-corrected chi connectivity index (χ4v) is 2.95. The lowest BCUT2D eigenvalue weighted by atomic mass is 10.1. The van der Waals surface area contributed by atoms with E-state index in [1.165, 1.54) is 6.07 Å². The Morgan fingerprint density at radius 2 is 2.00 bits per heavy atom. The first-order valence-corrected chi connectivity index (χ1v) is 9.84. The molecule has 1 amide bonds. The minimum Gasteiger partial charge on any atom is -0.352 e. The number of aromatic nitrogens is 4. The Morgan fingerprint density at radius 1 is 1.24 bits per heavy atom. The van der Waals surface area contributed by atoms with Crippen molar-refractivity contribution in [1.82, 2.24) is 25.1 Å². The third-order valence-electron chi connectivity index (χ3n) is 4.45. The molecule has 29 heavy (non-hydrogen) atoms. The van der Waals surface area contributed by atoms with Crippen LogP contribution in [0.1, 0.15) is 39.3 Å². The second kappa shape index (κ2) is 8.61. The zero-order valence-corrected chi connectivity index (χ0v) is 17.6. The van der Waals surface area contributed by atoms with E-state index in [4.69, 9.17) is 11.6 Å². The summed E-state index contributed by atoms with van der Waals surface area (Å²) in [4.78, 5) is 31.4. The quantitative estimate of drug-likeness (QED) is 0.642. The first kappa shape index (κ1) is 20.8. The van der Waals surface area contributed by atoms with Crippen LogP contribution in [0, 0.1) is 5.92 Å². The maximum absolute atomic E-state index is 12.3. The Balaban J connectivity index is 1.95. The van der Waals surface area contributed by atoms with Crippen molar-refractivity contribution in [3.05, 3.63) is 57.6 Å². The van der Waals surface area contributed by atoms with E-state index in [1.807, 2.05) is 50.7 Å². The highest BCUT2D eigenvalue weighted by Crippen LogP contribution is 2.27. The van der Waals surface area contributed by atoms with Gasteiger partial charge in [0.25, 0.3) is 5.56 Å². The fraction of sp³-hybridized carbons (Fsp3) is 0.333. The average molecular weight is 414 g/mol. The van der Waals surface area contributed by atoms with Crippen LogP contribution in [0.25, 0.3) is 22.6 Å². The van der Waals surface area contributed by atoms with Gasteiger partial charge in [0.1, 0.15) is 5.82 Å². The summed E-state index contributed by atoms with van der Waals surface area (Å²) in [5, 5.41) is 7.64. The van der Waals surface area contributed by atoms with Crippen LogP contribution >= 0.6 is 11.6 Å². The zero-order chi connectivity index (χ0) is 21.1. The van der Waals surface area contributed by atoms with E-state index >= 15 is 0 Å². The minimum absolute atomic E-state index is 0.0304. The van der Waals surface area contributed by atoms with E-state index in [0.29, 0.717) is 28.6 Å². The summed E-state index contributed by atoms with van der Waals surface area (Å²) in [7, 11) is 0. The molecule has 0 saturated heterocycles. The van der Waals surface area contributed by atoms with Crippen LogP contribution in [0.2, 0.25) is 5.02 Å². The number of rotatable bonds is 6. The zero-order valence-electron chi connectivity index (χ0n) is 16.9. The van der Waals surface area contributed by atoms with Crippen LogP contribution in [0.5, 0.6) is 0 Å². The van der Waals surface area contributed by atoms with E-state index in [0.717, 1.165) is 11.1 Å². The lowest BCUT2D eigenvalue weighted by Gasteiger charge is -2.10. The molecule has 7 nitrogen and oxygen atoms in total. The molecule has 0 bridgehead atoms. The van der Waals surface area contributed by atoms with E-state index in [1.54, 1.807) is 12.3 Å². The summed E-state index contributed by atoms with van der Waals surface area (Å²) in [6.07, 6.45) is 3.54. The van der Waals surface area contributed by atoms with Crippen molar-refractivity contribution in [3.63, 3.8) is 0 Å². The monoisotopic (exact) mass is 413 g/mol. The number of benzene rings is 1. The summed E-state index contributed by atoms with van der Waals surface area (Å²) in [5.41, 5.74) is 2.45. The Kier molecular flexibility index (Phi) is 6.17. The first-order chi connectivity index (χ1) is 13.7. The number of H-pyrrole nitrogens is 1. The fourth-order valence-electron chi connectivity index (χ4n) is 2.74. The molecule has 0 aliphatic rings. The molecule has 0 spiro atoms. The van der Waals surface area contributed by atoms with E-state index in [-0.39, 0.29) is 23.4 Å². The van der Waals surface area contributed by atoms with E-state index in [9.17, 15) is 9.59 Å². The number of nitrogens with one attached hydrogen (secondary N) is 2. The minimum atomic E-state index is -0.281. The highest BCUT2D eigenvalue weighted by Gasteiger charge is 2.13. The van der Waals surface area contributed by atoms with Gasteiger partial charge in [-0.2, -0.15) is 5.10 Å². The maximum Gasteiger partial charge on any atom is 0.251 e. The van der Waals surface area contributed by atoms with Crippen molar-refractivity contribution in [2.75, 3.05) is 0 Å². The average Bonchev–Trinajstić information content (AvgIpc) is 3.17. The van der Waals surface area contributed by atoms with Crippen molar-refractivity contribution in [2.24, 2.45) is 5.92 Å². The molecule has 3 aromatic rings. The topological polar surface area (TPSA) is 92.7 Å². The summed E-state index contributed by atoms with van der Waals surface area (Å²) >= 11 is 6.37. The van der Waals surface area contributed by atoms with Crippen LogP contribution in [0.3, 0.4) is 0 Å². The van der Waals surface area contributed by atoms with Crippen LogP contribution in [0.4, 0.5) is 0 Å². The van der Waals surface area contributed by atoms with Gasteiger partial charge in [-0.25, -0.2) is 4.98 Å². The summed E-state index contributed by atoms with van der Waals surface area (Å²) < 4.78 is 1.81. The van der Waals surface area contributed by atoms with Gasteiger partial charge in [0.15, 0.2) is 0 Å². The normalized spacial score (nSPS) is 11.3. The molecular weight excluding hydrogens is 390 g/mol. The second-order valence-corrected chi connectivity index (χ2v) is 7.88. The predicted octanol–water partition coefficient (Wildman–Crippen LogP) is 3.81. The molecule has 2 heterocycles. The van der Waals surface area contributed by atoms with Crippen molar-refractivity contribution in [2.45, 2.75) is 40.3 Å². The second-order valence-electron chi connectivity index (χ2n) is 7.47. The molecule has 0 radical (unpaired) electrons. The van der Waals surface area contributed by atoms with Crippen molar-refractivity contribution in [3.8, 4) is 22.6 Å². The highest BCUT2D eigenvalue weighted by atomic mass is 35.5. The molecule has 0 atom stereocenters. The van der Waals surface area contributed by atoms with Crippen LogP contribution < -0.4 is 10.9 Å². The molecule has 3 rings (SSSR count). The van der Waals surface area contributed by atoms with Gasteiger partial charge in [0.05, 0.1) is 16.9 Å². The smallest absolute Gasteiger partial charge is 0.251 e. The number of carbonyl (C=O) groups excluding carboxylic acids is 1. The lowest BCUT2D eigenvalue weighted by molar-refractivity contribution is -0.124. The van der Waals surface area contributed by atoms with Gasteiger partial charge in [0, 0.05) is 41.9 Å². The Morgan fingerprint density at radius 3 is 2.66 bits per heavy atom. The molecule has 8 heteroatoms. The molecule has 2 aromatic heterocycles. The number of nitrogens with zero attached hydrogens (tertiary/aromatic N) is 3. The molecule has 0 aliphatic carbocycles. The Bertz CT molecular complexity index is 1080. The van der Waals surface area contributed by atoms with Crippen molar-refractivity contribution >= 4 is 17.5 Å². The molecular formula is C21H24ClN5O2. The summed E-state index contributed by atoms with van der Waals surface area (Å²) in [6, 6.07) is 7.03. The van der Waals surface area contributed by atoms with Gasteiger partial charge in [-0.1, -0.05) is 31.5 Å². The lowest BCUT2D eigenvalue weighted by Crippen LogP contribution is -2.27. The number of carbonyl (C=O) groups is 1. The Labute approximate surface area is 174 Å². The molecule has 0 saturated carbocycles. The molecule has 152 valence electrons. The van der Waals surface area contributed by atoms with Gasteiger partial charge < -0.3 is 10.3 Å². The van der Waals surface area contributed by atoms with E-state index in [2.05, 4.69) is 20.4 Å². The summed E-state index contributed by atoms with van der Waals surface area (Å²) in [5.74, 6) is 0.243. The third-order valence-corrected chi connectivity index (χ3v) is 4.77. The number of halogens is 1.